The molecule has 0 aromatic heterocycles. The Labute approximate surface area is 191 Å². The Bertz CT molecular complexity index is 790. The van der Waals surface area contributed by atoms with Crippen LogP contribution in [0.1, 0.15) is 49.3 Å². The Morgan fingerprint density at radius 3 is 2.74 bits per heavy atom. The van der Waals surface area contributed by atoms with Crippen molar-refractivity contribution in [3.05, 3.63) is 64.7 Å². The van der Waals surface area contributed by atoms with E-state index in [9.17, 15) is 5.11 Å². The van der Waals surface area contributed by atoms with Gasteiger partial charge in [-0.1, -0.05) is 41.9 Å². The number of ether oxygens (including phenoxy) is 1. The number of aliphatic hydroxyl groups excluding tert-OH is 2. The fraction of sp³-hybridized carbons (Fsp3) is 0.520. The van der Waals surface area contributed by atoms with Crippen LogP contribution in [0.2, 0.25) is 5.02 Å². The van der Waals surface area contributed by atoms with Crippen LogP contribution in [-0.2, 0) is 6.54 Å². The van der Waals surface area contributed by atoms with Crippen molar-refractivity contribution >= 4 is 11.6 Å². The maximum atomic E-state index is 9.61. The maximum Gasteiger partial charge on any atom is 0.123 e. The molecule has 0 saturated carbocycles. The van der Waals surface area contributed by atoms with Crippen molar-refractivity contribution < 1.29 is 14.9 Å². The second kappa shape index (κ2) is 12.4. The number of unbranched alkanes of at least 4 members (excludes halogenated alkanes) is 1. The number of nitrogens with zero attached hydrogens (tertiary/aromatic N) is 1. The molecule has 0 aliphatic carbocycles. The van der Waals surface area contributed by atoms with Gasteiger partial charge in [0, 0.05) is 23.2 Å². The highest BCUT2D eigenvalue weighted by molar-refractivity contribution is 6.30. The molecule has 3 rings (SSSR count). The van der Waals surface area contributed by atoms with Gasteiger partial charge < -0.3 is 20.3 Å². The quantitative estimate of drug-likeness (QED) is 0.452. The lowest BCUT2D eigenvalue weighted by Gasteiger charge is -2.42. The Kier molecular flexibility index (Phi) is 9.62. The van der Waals surface area contributed by atoms with E-state index in [1.807, 2.05) is 18.2 Å². The average molecular weight is 447 g/mol. The zero-order valence-electron chi connectivity index (χ0n) is 18.3. The maximum absolute atomic E-state index is 9.61. The summed E-state index contributed by atoms with van der Waals surface area (Å²) in [6.07, 6.45) is 4.23. The third-order valence-electron chi connectivity index (χ3n) is 6.12. The molecule has 1 saturated heterocycles. The van der Waals surface area contributed by atoms with E-state index in [1.165, 1.54) is 5.56 Å². The van der Waals surface area contributed by atoms with Crippen molar-refractivity contribution in [3.8, 4) is 5.75 Å². The van der Waals surface area contributed by atoms with Crippen molar-refractivity contribution in [2.75, 3.05) is 26.8 Å². The molecule has 1 unspecified atom stereocenters. The standard InChI is InChI=1S/C25H35ClN2O3/c1-31-24-13-12-21(26)16-20(24)17-27-23-11-7-15-28(14-6-5-10-22(30)18-29)25(23)19-8-3-2-4-9-19/h2-4,8-9,12-13,16,22-23,25,27,29-30H,5-7,10-11,14-15,17-18H2,1H3/t22?,23-,25-/m1/s1. The first-order chi connectivity index (χ1) is 15.1. The molecular weight excluding hydrogens is 412 g/mol. The summed E-state index contributed by atoms with van der Waals surface area (Å²) in [5, 5.41) is 23.1. The second-order valence-electron chi connectivity index (χ2n) is 8.31. The Morgan fingerprint density at radius 2 is 2.00 bits per heavy atom. The van der Waals surface area contributed by atoms with Gasteiger partial charge in [-0.2, -0.15) is 0 Å². The zero-order chi connectivity index (χ0) is 22.1. The molecule has 1 heterocycles. The van der Waals surface area contributed by atoms with E-state index in [-0.39, 0.29) is 6.61 Å². The van der Waals surface area contributed by atoms with E-state index in [0.29, 0.717) is 30.1 Å². The summed E-state index contributed by atoms with van der Waals surface area (Å²) in [4.78, 5) is 2.57. The van der Waals surface area contributed by atoms with Gasteiger partial charge in [0.2, 0.25) is 0 Å². The van der Waals surface area contributed by atoms with Crippen molar-refractivity contribution in [2.24, 2.45) is 0 Å². The smallest absolute Gasteiger partial charge is 0.123 e. The van der Waals surface area contributed by atoms with Gasteiger partial charge in [0.15, 0.2) is 0 Å². The van der Waals surface area contributed by atoms with Gasteiger partial charge in [-0.25, -0.2) is 0 Å². The number of rotatable bonds is 11. The molecule has 3 N–H and O–H groups in total. The molecule has 0 amide bonds. The number of methoxy groups -OCH3 is 1. The molecule has 3 atom stereocenters. The van der Waals surface area contributed by atoms with Crippen molar-refractivity contribution in [1.29, 1.82) is 0 Å². The number of hydrogen-bond donors (Lipinski definition) is 3. The van der Waals surface area contributed by atoms with Crippen LogP contribution in [0.4, 0.5) is 0 Å². The van der Waals surface area contributed by atoms with Crippen LogP contribution in [0.5, 0.6) is 5.75 Å². The highest BCUT2D eigenvalue weighted by Gasteiger charge is 2.32. The first-order valence-electron chi connectivity index (χ1n) is 11.3. The minimum Gasteiger partial charge on any atom is -0.496 e. The summed E-state index contributed by atoms with van der Waals surface area (Å²) < 4.78 is 5.52. The van der Waals surface area contributed by atoms with E-state index < -0.39 is 6.10 Å². The molecule has 2 aromatic rings. The predicted molar refractivity (Wildman–Crippen MR) is 126 cm³/mol. The number of aliphatic hydroxyl groups is 2. The van der Waals surface area contributed by atoms with Crippen LogP contribution in [0.3, 0.4) is 0 Å². The molecule has 0 radical (unpaired) electrons. The second-order valence-corrected chi connectivity index (χ2v) is 8.75. The van der Waals surface area contributed by atoms with Crippen LogP contribution in [0.25, 0.3) is 0 Å². The van der Waals surface area contributed by atoms with Crippen LogP contribution in [-0.4, -0.2) is 54.1 Å². The van der Waals surface area contributed by atoms with Crippen molar-refractivity contribution in [1.82, 2.24) is 10.2 Å². The number of halogens is 1. The van der Waals surface area contributed by atoms with E-state index in [1.54, 1.807) is 7.11 Å². The molecule has 0 spiro atoms. The lowest BCUT2D eigenvalue weighted by atomic mass is 9.89. The fourth-order valence-electron chi connectivity index (χ4n) is 4.54. The average Bonchev–Trinajstić information content (AvgIpc) is 2.81. The molecule has 2 aromatic carbocycles. The highest BCUT2D eigenvalue weighted by atomic mass is 35.5. The van der Waals surface area contributed by atoms with Gasteiger partial charge in [0.05, 0.1) is 25.9 Å². The van der Waals surface area contributed by atoms with Crippen LogP contribution < -0.4 is 10.1 Å². The summed E-state index contributed by atoms with van der Waals surface area (Å²) in [5.74, 6) is 0.850. The molecule has 1 aliphatic heterocycles. The monoisotopic (exact) mass is 446 g/mol. The van der Waals surface area contributed by atoms with E-state index in [2.05, 4.69) is 40.5 Å². The van der Waals surface area contributed by atoms with E-state index >= 15 is 0 Å². The molecule has 1 fully saturated rings. The lowest BCUT2D eigenvalue weighted by molar-refractivity contribution is 0.0804. The zero-order valence-corrected chi connectivity index (χ0v) is 19.1. The van der Waals surface area contributed by atoms with Gasteiger partial charge in [-0.3, -0.25) is 4.90 Å². The third-order valence-corrected chi connectivity index (χ3v) is 6.35. The molecular formula is C25H35ClN2O3. The van der Waals surface area contributed by atoms with Gasteiger partial charge in [-0.15, -0.1) is 0 Å². The summed E-state index contributed by atoms with van der Waals surface area (Å²) >= 11 is 6.22. The first kappa shape index (κ1) is 24.0. The minimum absolute atomic E-state index is 0.157. The molecule has 31 heavy (non-hydrogen) atoms. The summed E-state index contributed by atoms with van der Waals surface area (Å²) in [6, 6.07) is 17.1. The lowest BCUT2D eigenvalue weighted by Crippen LogP contribution is -2.48. The Morgan fingerprint density at radius 1 is 1.19 bits per heavy atom. The Balaban J connectivity index is 1.70. The number of hydrogen-bond acceptors (Lipinski definition) is 5. The van der Waals surface area contributed by atoms with Crippen LogP contribution in [0.15, 0.2) is 48.5 Å². The number of likely N-dealkylation sites (tertiary alicyclic amines) is 1. The van der Waals surface area contributed by atoms with Crippen LogP contribution >= 0.6 is 11.6 Å². The summed E-state index contributed by atoms with van der Waals surface area (Å²) in [5.41, 5.74) is 2.39. The van der Waals surface area contributed by atoms with Crippen molar-refractivity contribution in [3.63, 3.8) is 0 Å². The normalized spacial score (nSPS) is 20.5. The molecule has 5 nitrogen and oxygen atoms in total. The van der Waals surface area contributed by atoms with Gasteiger partial charge in [-0.05, 0) is 69.0 Å². The SMILES string of the molecule is COc1ccc(Cl)cc1CN[C@@H]1CCCN(CCCCC(O)CO)[C@@H]1c1ccccc1. The van der Waals surface area contributed by atoms with Crippen LogP contribution in [0, 0.1) is 0 Å². The summed E-state index contributed by atoms with van der Waals surface area (Å²) in [6.45, 7) is 2.60. The Hall–Kier alpha value is -1.63. The largest absolute Gasteiger partial charge is 0.496 e. The van der Waals surface area contributed by atoms with Gasteiger partial charge in [0.25, 0.3) is 0 Å². The first-order valence-corrected chi connectivity index (χ1v) is 11.6. The van der Waals surface area contributed by atoms with Crippen molar-refractivity contribution in [2.45, 2.75) is 56.8 Å². The summed E-state index contributed by atoms with van der Waals surface area (Å²) in [7, 11) is 1.69. The molecule has 1 aliphatic rings. The van der Waals surface area contributed by atoms with Gasteiger partial charge >= 0.3 is 0 Å². The van der Waals surface area contributed by atoms with E-state index in [4.69, 9.17) is 21.4 Å². The van der Waals surface area contributed by atoms with E-state index in [0.717, 1.165) is 50.1 Å². The predicted octanol–water partition coefficient (Wildman–Crippen LogP) is 4.17. The fourth-order valence-corrected chi connectivity index (χ4v) is 4.73. The number of benzene rings is 2. The molecule has 6 heteroatoms. The number of nitrogens with one attached hydrogen (secondary N) is 1. The topological polar surface area (TPSA) is 65.0 Å². The van der Waals surface area contributed by atoms with Gasteiger partial charge in [0.1, 0.15) is 5.75 Å². The highest BCUT2D eigenvalue weighted by Crippen LogP contribution is 2.32. The number of piperidine rings is 1. The molecule has 170 valence electrons. The molecule has 0 bridgehead atoms. The third kappa shape index (κ3) is 6.93. The minimum atomic E-state index is -0.603.